The Morgan fingerprint density at radius 3 is 2.37 bits per heavy atom. The van der Waals surface area contributed by atoms with Crippen molar-refractivity contribution in [3.05, 3.63) is 80.0 Å². The SMILES string of the molecule is O=C(Nc1ccc(F)cc1)c1nnc(/C(Cl)=C/c2ccc([N+](=O)[O-])cc2)s1. The van der Waals surface area contributed by atoms with E-state index in [4.69, 9.17) is 11.6 Å². The van der Waals surface area contributed by atoms with Crippen LogP contribution in [0, 0.1) is 15.9 Å². The van der Waals surface area contributed by atoms with Crippen LogP contribution in [-0.2, 0) is 0 Å². The Kier molecular flexibility index (Phi) is 5.53. The summed E-state index contributed by atoms with van der Waals surface area (Å²) in [5.74, 6) is -0.903. The summed E-state index contributed by atoms with van der Waals surface area (Å²) in [6.45, 7) is 0. The zero-order chi connectivity index (χ0) is 19.4. The highest BCUT2D eigenvalue weighted by Crippen LogP contribution is 2.26. The number of nitrogens with zero attached hydrogens (tertiary/aromatic N) is 3. The second-order valence-corrected chi connectivity index (χ2v) is 6.60. The van der Waals surface area contributed by atoms with Gasteiger partial charge >= 0.3 is 0 Å². The molecule has 0 spiro atoms. The summed E-state index contributed by atoms with van der Waals surface area (Å²) in [7, 11) is 0. The molecule has 0 unspecified atom stereocenters. The summed E-state index contributed by atoms with van der Waals surface area (Å²) in [5.41, 5.74) is 1.03. The number of hydrogen-bond acceptors (Lipinski definition) is 6. The lowest BCUT2D eigenvalue weighted by Crippen LogP contribution is -2.11. The van der Waals surface area contributed by atoms with Gasteiger partial charge in [-0.2, -0.15) is 0 Å². The van der Waals surface area contributed by atoms with E-state index in [0.29, 0.717) is 16.3 Å². The molecule has 27 heavy (non-hydrogen) atoms. The first-order chi connectivity index (χ1) is 12.9. The molecule has 0 aliphatic carbocycles. The van der Waals surface area contributed by atoms with Crippen LogP contribution in [0.4, 0.5) is 15.8 Å². The van der Waals surface area contributed by atoms with Gasteiger partial charge < -0.3 is 5.32 Å². The predicted octanol–water partition coefficient (Wildman–Crippen LogP) is 4.57. The zero-order valence-corrected chi connectivity index (χ0v) is 15.0. The molecule has 1 amide bonds. The first-order valence-electron chi connectivity index (χ1n) is 7.45. The third-order valence-corrected chi connectivity index (χ3v) is 4.68. The standard InChI is InChI=1S/C17H10ClFN4O3S/c18-14(9-10-1-7-13(8-2-10)23(25)26)16-21-22-17(27-16)15(24)20-12-5-3-11(19)4-6-12/h1-9H,(H,20,24)/b14-9-. The Morgan fingerprint density at radius 2 is 1.74 bits per heavy atom. The maximum Gasteiger partial charge on any atom is 0.286 e. The van der Waals surface area contributed by atoms with Gasteiger partial charge in [-0.15, -0.1) is 10.2 Å². The summed E-state index contributed by atoms with van der Waals surface area (Å²) in [6, 6.07) is 11.1. The summed E-state index contributed by atoms with van der Waals surface area (Å²) >= 11 is 7.18. The van der Waals surface area contributed by atoms with Gasteiger partial charge in [-0.25, -0.2) is 4.39 Å². The number of hydrogen-bond donors (Lipinski definition) is 1. The van der Waals surface area contributed by atoms with E-state index < -0.39 is 16.6 Å². The number of benzene rings is 2. The molecule has 1 aromatic heterocycles. The van der Waals surface area contributed by atoms with Crippen LogP contribution in [0.1, 0.15) is 20.4 Å². The minimum absolute atomic E-state index is 0.0288. The Morgan fingerprint density at radius 1 is 1.11 bits per heavy atom. The number of non-ortho nitro benzene ring substituents is 1. The van der Waals surface area contributed by atoms with Crippen molar-refractivity contribution in [1.82, 2.24) is 10.2 Å². The van der Waals surface area contributed by atoms with E-state index in [1.165, 1.54) is 36.4 Å². The minimum atomic E-state index is -0.495. The lowest BCUT2D eigenvalue weighted by molar-refractivity contribution is -0.384. The normalized spacial score (nSPS) is 11.3. The average molecular weight is 405 g/mol. The lowest BCUT2D eigenvalue weighted by Gasteiger charge is -2.01. The Balaban J connectivity index is 1.72. The van der Waals surface area contributed by atoms with E-state index in [1.807, 2.05) is 0 Å². The van der Waals surface area contributed by atoms with Crippen molar-refractivity contribution in [2.24, 2.45) is 0 Å². The first kappa shape index (κ1) is 18.6. The summed E-state index contributed by atoms with van der Waals surface area (Å²) < 4.78 is 12.9. The smallest absolute Gasteiger partial charge is 0.286 e. The van der Waals surface area contributed by atoms with Crippen molar-refractivity contribution < 1.29 is 14.1 Å². The van der Waals surface area contributed by atoms with Crippen LogP contribution in [-0.4, -0.2) is 21.0 Å². The fourth-order valence-corrected chi connectivity index (χ4v) is 2.96. The first-order valence-corrected chi connectivity index (χ1v) is 8.64. The molecule has 3 rings (SSSR count). The van der Waals surface area contributed by atoms with Crippen molar-refractivity contribution in [1.29, 1.82) is 0 Å². The van der Waals surface area contributed by atoms with Gasteiger partial charge in [0.1, 0.15) is 5.82 Å². The van der Waals surface area contributed by atoms with Crippen molar-refractivity contribution in [3.8, 4) is 0 Å². The molecular formula is C17H10ClFN4O3S. The van der Waals surface area contributed by atoms with Crippen LogP contribution in [0.25, 0.3) is 11.1 Å². The molecule has 10 heteroatoms. The number of amides is 1. The van der Waals surface area contributed by atoms with Gasteiger partial charge in [0.2, 0.25) is 5.01 Å². The average Bonchev–Trinajstić information content (AvgIpc) is 3.14. The van der Waals surface area contributed by atoms with Crippen LogP contribution in [0.5, 0.6) is 0 Å². The summed E-state index contributed by atoms with van der Waals surface area (Å²) in [6.07, 6.45) is 1.56. The second kappa shape index (κ2) is 8.02. The minimum Gasteiger partial charge on any atom is -0.320 e. The molecule has 2 aromatic carbocycles. The third-order valence-electron chi connectivity index (χ3n) is 3.32. The Hall–Kier alpha value is -3.17. The van der Waals surface area contributed by atoms with E-state index in [0.717, 1.165) is 11.3 Å². The van der Waals surface area contributed by atoms with Crippen molar-refractivity contribution in [3.63, 3.8) is 0 Å². The highest BCUT2D eigenvalue weighted by Gasteiger charge is 2.15. The van der Waals surface area contributed by atoms with Gasteiger partial charge in [0.25, 0.3) is 11.6 Å². The predicted molar refractivity (Wildman–Crippen MR) is 101 cm³/mol. The van der Waals surface area contributed by atoms with Gasteiger partial charge in [0, 0.05) is 17.8 Å². The number of carbonyl (C=O) groups is 1. The van der Waals surface area contributed by atoms with Gasteiger partial charge in [-0.1, -0.05) is 22.9 Å². The Bertz CT molecular complexity index is 1020. The number of nitro groups is 1. The molecule has 0 saturated carbocycles. The highest BCUT2D eigenvalue weighted by atomic mass is 35.5. The Labute approximate surface area is 161 Å². The molecule has 7 nitrogen and oxygen atoms in total. The second-order valence-electron chi connectivity index (χ2n) is 5.21. The van der Waals surface area contributed by atoms with Crippen LogP contribution in [0.3, 0.4) is 0 Å². The molecule has 0 radical (unpaired) electrons. The fourth-order valence-electron chi connectivity index (χ4n) is 2.03. The van der Waals surface area contributed by atoms with Crippen LogP contribution < -0.4 is 5.32 Å². The van der Waals surface area contributed by atoms with E-state index in [9.17, 15) is 19.3 Å². The highest BCUT2D eigenvalue weighted by molar-refractivity contribution is 7.15. The molecule has 3 aromatic rings. The fraction of sp³-hybridized carbons (Fsp3) is 0. The van der Waals surface area contributed by atoms with Crippen molar-refractivity contribution in [2.75, 3.05) is 5.32 Å². The zero-order valence-electron chi connectivity index (χ0n) is 13.4. The van der Waals surface area contributed by atoms with Crippen LogP contribution >= 0.6 is 22.9 Å². The van der Waals surface area contributed by atoms with Gasteiger partial charge in [0.05, 0.1) is 9.96 Å². The van der Waals surface area contributed by atoms with E-state index in [2.05, 4.69) is 15.5 Å². The molecule has 0 saturated heterocycles. The number of nitro benzene ring substituents is 1. The molecule has 0 fully saturated rings. The van der Waals surface area contributed by atoms with Gasteiger partial charge in [-0.05, 0) is 48.0 Å². The monoisotopic (exact) mass is 404 g/mol. The maximum absolute atomic E-state index is 12.9. The van der Waals surface area contributed by atoms with E-state index >= 15 is 0 Å². The number of carbonyl (C=O) groups excluding carboxylic acids is 1. The molecule has 0 atom stereocenters. The van der Waals surface area contributed by atoms with Crippen LogP contribution in [0.2, 0.25) is 0 Å². The number of aromatic nitrogens is 2. The quantitative estimate of drug-likeness (QED) is 0.496. The largest absolute Gasteiger partial charge is 0.320 e. The number of rotatable bonds is 5. The number of anilines is 1. The molecule has 0 bridgehead atoms. The summed E-state index contributed by atoms with van der Waals surface area (Å²) in [5, 5.41) is 21.6. The van der Waals surface area contributed by atoms with Crippen molar-refractivity contribution in [2.45, 2.75) is 0 Å². The lowest BCUT2D eigenvalue weighted by atomic mass is 10.2. The number of nitrogens with one attached hydrogen (secondary N) is 1. The van der Waals surface area contributed by atoms with E-state index in [-0.39, 0.29) is 15.7 Å². The van der Waals surface area contributed by atoms with Crippen molar-refractivity contribution >= 4 is 51.3 Å². The maximum atomic E-state index is 12.9. The molecule has 1 heterocycles. The third kappa shape index (κ3) is 4.72. The summed E-state index contributed by atoms with van der Waals surface area (Å²) in [4.78, 5) is 22.3. The molecular weight excluding hydrogens is 395 g/mol. The molecule has 136 valence electrons. The van der Waals surface area contributed by atoms with E-state index in [1.54, 1.807) is 18.2 Å². The van der Waals surface area contributed by atoms with Gasteiger partial charge in [0.15, 0.2) is 5.01 Å². The number of halogens is 2. The van der Waals surface area contributed by atoms with Gasteiger partial charge in [-0.3, -0.25) is 14.9 Å². The molecule has 0 aliphatic heterocycles. The molecule has 0 aliphatic rings. The van der Waals surface area contributed by atoms with Crippen LogP contribution in [0.15, 0.2) is 48.5 Å². The molecule has 1 N–H and O–H groups in total. The topological polar surface area (TPSA) is 98.0 Å².